The molecule has 3 atom stereocenters. The summed E-state index contributed by atoms with van der Waals surface area (Å²) in [6, 6.07) is -2.81. The summed E-state index contributed by atoms with van der Waals surface area (Å²) in [5.41, 5.74) is 0. The fourth-order valence-corrected chi connectivity index (χ4v) is 6.84. The molecule has 0 saturated heterocycles. The van der Waals surface area contributed by atoms with Crippen molar-refractivity contribution >= 4 is 59.1 Å². The van der Waals surface area contributed by atoms with E-state index in [1.165, 1.54) is 18.7 Å². The number of ether oxygens (including phenoxy) is 2. The number of hydrogen-bond acceptors (Lipinski definition) is 12. The van der Waals surface area contributed by atoms with Crippen molar-refractivity contribution in [2.24, 2.45) is 0 Å². The molecule has 18 nitrogen and oxygen atoms in total. The summed E-state index contributed by atoms with van der Waals surface area (Å²) in [5, 5.41) is 41.0. The van der Waals surface area contributed by atoms with Gasteiger partial charge in [0.25, 0.3) is 0 Å². The maximum absolute atomic E-state index is 12.5. The molecule has 0 bridgehead atoms. The Balaban J connectivity index is 4.05. The molecule has 346 valence electrons. The van der Waals surface area contributed by atoms with E-state index >= 15 is 0 Å². The van der Waals surface area contributed by atoms with Crippen molar-refractivity contribution in [1.29, 1.82) is 0 Å². The monoisotopic (exact) mass is 875 g/mol. The van der Waals surface area contributed by atoms with Gasteiger partial charge in [0.1, 0.15) is 17.9 Å². The molecule has 0 spiro atoms. The SMILES string of the molecule is CC(=O)C(CSCC(=O)NCCOCCOCCNC(=O)CCC(NC(=O)CCC(NC(=O)CCCCCCCCCCCCCCC(=O)O)C(=O)O)C(=O)O)NC(C)C. The summed E-state index contributed by atoms with van der Waals surface area (Å²) >= 11 is 1.38. The van der Waals surface area contributed by atoms with Crippen LogP contribution in [0.3, 0.4) is 0 Å². The lowest BCUT2D eigenvalue weighted by Gasteiger charge is -2.18. The Morgan fingerprint density at radius 3 is 1.37 bits per heavy atom. The van der Waals surface area contributed by atoms with Gasteiger partial charge in [-0.05, 0) is 32.6 Å². The van der Waals surface area contributed by atoms with Crippen LogP contribution in [-0.2, 0) is 47.8 Å². The van der Waals surface area contributed by atoms with E-state index in [9.17, 15) is 48.6 Å². The lowest BCUT2D eigenvalue weighted by molar-refractivity contribution is -0.143. The zero-order valence-corrected chi connectivity index (χ0v) is 36.8. The van der Waals surface area contributed by atoms with Crippen LogP contribution in [0.5, 0.6) is 0 Å². The Hall–Kier alpha value is -3.81. The molecule has 0 saturated carbocycles. The predicted octanol–water partition coefficient (Wildman–Crippen LogP) is 3.19. The molecule has 0 aliphatic rings. The van der Waals surface area contributed by atoms with E-state index in [1.54, 1.807) is 0 Å². The Morgan fingerprint density at radius 2 is 0.933 bits per heavy atom. The van der Waals surface area contributed by atoms with Crippen LogP contribution in [0.15, 0.2) is 0 Å². The fourth-order valence-electron chi connectivity index (χ4n) is 5.87. The topological polar surface area (TPSA) is 276 Å². The third-order valence-corrected chi connectivity index (χ3v) is 10.2. The Labute approximate surface area is 359 Å². The number of amides is 4. The molecule has 4 amide bonds. The average Bonchev–Trinajstić information content (AvgIpc) is 3.17. The summed E-state index contributed by atoms with van der Waals surface area (Å²) in [5.74, 6) is -4.37. The second-order valence-corrected chi connectivity index (χ2v) is 16.1. The molecule has 0 fully saturated rings. The first-order valence-electron chi connectivity index (χ1n) is 21.4. The van der Waals surface area contributed by atoms with Crippen LogP contribution in [0.25, 0.3) is 0 Å². The van der Waals surface area contributed by atoms with Gasteiger partial charge in [-0.3, -0.25) is 28.8 Å². The first-order chi connectivity index (χ1) is 28.6. The number of nitrogens with one attached hydrogen (secondary N) is 5. The third kappa shape index (κ3) is 35.0. The van der Waals surface area contributed by atoms with Crippen molar-refractivity contribution in [2.75, 3.05) is 51.0 Å². The molecule has 0 aliphatic carbocycles. The van der Waals surface area contributed by atoms with Gasteiger partial charge in [-0.25, -0.2) is 9.59 Å². The van der Waals surface area contributed by atoms with Crippen LogP contribution in [0.1, 0.15) is 136 Å². The van der Waals surface area contributed by atoms with Crippen LogP contribution in [0.4, 0.5) is 0 Å². The van der Waals surface area contributed by atoms with E-state index in [0.29, 0.717) is 18.7 Å². The second kappa shape index (κ2) is 37.0. The molecule has 0 aromatic rings. The summed E-state index contributed by atoms with van der Waals surface area (Å²) in [4.78, 5) is 94.7. The van der Waals surface area contributed by atoms with Gasteiger partial charge in [-0.2, -0.15) is 0 Å². The second-order valence-electron chi connectivity index (χ2n) is 15.1. The number of carbonyl (C=O) groups excluding carboxylic acids is 5. The summed E-state index contributed by atoms with van der Waals surface area (Å²) in [6.45, 7) is 6.90. The molecule has 0 aliphatic heterocycles. The molecule has 0 aromatic carbocycles. The van der Waals surface area contributed by atoms with Crippen LogP contribution < -0.4 is 26.6 Å². The fraction of sp³-hybridized carbons (Fsp3) is 0.805. The number of carbonyl (C=O) groups is 8. The van der Waals surface area contributed by atoms with Crippen molar-refractivity contribution in [3.8, 4) is 0 Å². The van der Waals surface area contributed by atoms with Gasteiger partial charge in [0, 0.05) is 50.6 Å². The van der Waals surface area contributed by atoms with Crippen LogP contribution >= 0.6 is 11.8 Å². The predicted molar refractivity (Wildman–Crippen MR) is 228 cm³/mol. The number of unbranched alkanes of at least 4 members (excludes halogenated alkanes) is 11. The number of carboxylic acid groups (broad SMARTS) is 3. The molecule has 8 N–H and O–H groups in total. The summed E-state index contributed by atoms with van der Waals surface area (Å²) < 4.78 is 10.8. The Bertz CT molecular complexity index is 1270. The number of aliphatic carboxylic acids is 3. The number of hydrogen-bond donors (Lipinski definition) is 8. The minimum absolute atomic E-state index is 0.0302. The highest BCUT2D eigenvalue weighted by Gasteiger charge is 2.24. The number of Topliss-reactive ketones (excluding diaryl/α,β-unsaturated/α-hetero) is 1. The smallest absolute Gasteiger partial charge is 0.326 e. The van der Waals surface area contributed by atoms with Gasteiger partial charge in [-0.15, -0.1) is 11.8 Å². The Morgan fingerprint density at radius 1 is 0.517 bits per heavy atom. The molecule has 19 heteroatoms. The molecular formula is C41H73N5O13S. The molecule has 0 aromatic heterocycles. The van der Waals surface area contributed by atoms with Gasteiger partial charge in [0.05, 0.1) is 38.2 Å². The first kappa shape index (κ1) is 56.2. The molecule has 3 unspecified atom stereocenters. The minimum Gasteiger partial charge on any atom is -0.481 e. The van der Waals surface area contributed by atoms with E-state index in [4.69, 9.17) is 14.6 Å². The van der Waals surface area contributed by atoms with Crippen LogP contribution in [0, 0.1) is 0 Å². The maximum Gasteiger partial charge on any atom is 0.326 e. The van der Waals surface area contributed by atoms with Crippen LogP contribution in [0.2, 0.25) is 0 Å². The summed E-state index contributed by atoms with van der Waals surface area (Å²) in [6.07, 6.45) is 11.3. The average molecular weight is 876 g/mol. The van der Waals surface area contributed by atoms with Gasteiger partial charge in [-0.1, -0.05) is 78.1 Å². The van der Waals surface area contributed by atoms with Crippen molar-refractivity contribution in [2.45, 2.75) is 161 Å². The maximum atomic E-state index is 12.5. The van der Waals surface area contributed by atoms with E-state index in [1.807, 2.05) is 13.8 Å². The van der Waals surface area contributed by atoms with Crippen molar-refractivity contribution < 1.29 is 63.1 Å². The molecule has 0 rings (SSSR count). The van der Waals surface area contributed by atoms with Crippen molar-refractivity contribution in [1.82, 2.24) is 26.6 Å². The van der Waals surface area contributed by atoms with Crippen molar-refractivity contribution in [3.05, 3.63) is 0 Å². The zero-order chi connectivity index (χ0) is 45.0. The number of thioether (sulfide) groups is 1. The summed E-state index contributed by atoms with van der Waals surface area (Å²) in [7, 11) is 0. The lowest BCUT2D eigenvalue weighted by Crippen LogP contribution is -2.44. The number of ketones is 1. The van der Waals surface area contributed by atoms with Crippen molar-refractivity contribution in [3.63, 3.8) is 0 Å². The normalized spacial score (nSPS) is 12.6. The molecular weight excluding hydrogens is 803 g/mol. The highest BCUT2D eigenvalue weighted by Crippen LogP contribution is 2.13. The highest BCUT2D eigenvalue weighted by molar-refractivity contribution is 8.00. The van der Waals surface area contributed by atoms with E-state index in [-0.39, 0.29) is 101 Å². The first-order valence-corrected chi connectivity index (χ1v) is 22.6. The number of carboxylic acids is 3. The van der Waals surface area contributed by atoms with E-state index in [0.717, 1.165) is 70.6 Å². The minimum atomic E-state index is -1.37. The largest absolute Gasteiger partial charge is 0.481 e. The van der Waals surface area contributed by atoms with Gasteiger partial charge >= 0.3 is 17.9 Å². The lowest BCUT2D eigenvalue weighted by atomic mass is 10.0. The van der Waals surface area contributed by atoms with E-state index < -0.39 is 47.7 Å². The third-order valence-electron chi connectivity index (χ3n) is 9.18. The van der Waals surface area contributed by atoms with Gasteiger partial charge < -0.3 is 51.4 Å². The highest BCUT2D eigenvalue weighted by atomic mass is 32.2. The van der Waals surface area contributed by atoms with Gasteiger partial charge in [0.15, 0.2) is 0 Å². The molecule has 0 heterocycles. The molecule has 60 heavy (non-hydrogen) atoms. The van der Waals surface area contributed by atoms with Gasteiger partial charge in [0.2, 0.25) is 23.6 Å². The standard InChI is InChI=1S/C41H73N5O13S/c1-30(2)44-34(31(3)47)28-60-29-38(51)43-23-25-59-27-26-58-24-22-42-35(48)20-18-32(40(54)55)46-37(50)21-19-33(41(56)57)45-36(49)16-14-12-10-8-6-4-5-7-9-11-13-15-17-39(52)53/h30,32-34,44H,4-29H2,1-3H3,(H,42,48)(H,43,51)(H,45,49)(H,46,50)(H,52,53)(H,54,55)(H,56,57). The Kier molecular flexibility index (Phi) is 34.6. The quantitative estimate of drug-likeness (QED) is 0.0410. The van der Waals surface area contributed by atoms with Crippen LogP contribution in [-0.4, -0.2) is 138 Å². The zero-order valence-electron chi connectivity index (χ0n) is 36.0. The number of rotatable bonds is 41. The molecule has 0 radical (unpaired) electrons. The van der Waals surface area contributed by atoms with E-state index in [2.05, 4.69) is 26.6 Å².